The molecule has 1 N–H and O–H groups in total. The highest BCUT2D eigenvalue weighted by Crippen LogP contribution is 2.16. The number of hydrogen-bond acceptors (Lipinski definition) is 7. The van der Waals surface area contributed by atoms with Crippen LogP contribution >= 0.6 is 0 Å². The lowest BCUT2D eigenvalue weighted by Gasteiger charge is -2.05. The minimum absolute atomic E-state index is 0.138. The molecule has 0 aliphatic carbocycles. The van der Waals surface area contributed by atoms with Crippen LogP contribution in [0.25, 0.3) is 22.2 Å². The molecule has 0 saturated carbocycles. The Hall–Kier alpha value is -4.27. The van der Waals surface area contributed by atoms with E-state index < -0.39 is 5.97 Å². The van der Waals surface area contributed by atoms with E-state index in [2.05, 4.69) is 36.3 Å². The van der Waals surface area contributed by atoms with Crippen LogP contribution in [0.4, 0.5) is 0 Å². The third-order valence-electron chi connectivity index (χ3n) is 4.70. The summed E-state index contributed by atoms with van der Waals surface area (Å²) in [6.45, 7) is 0.496. The van der Waals surface area contributed by atoms with Gasteiger partial charge in [0.2, 0.25) is 5.65 Å². The molecule has 30 heavy (non-hydrogen) atoms. The molecule has 1 aromatic carbocycles. The molecule has 0 amide bonds. The molecule has 5 aromatic rings. The van der Waals surface area contributed by atoms with E-state index in [-0.39, 0.29) is 5.56 Å². The summed E-state index contributed by atoms with van der Waals surface area (Å²) in [4.78, 5) is 28.5. The first-order valence-electron chi connectivity index (χ1n) is 9.22. The van der Waals surface area contributed by atoms with E-state index >= 15 is 0 Å². The normalized spacial score (nSPS) is 11.2. The Labute approximate surface area is 170 Å². The van der Waals surface area contributed by atoms with Gasteiger partial charge in [-0.3, -0.25) is 9.97 Å². The fourth-order valence-corrected chi connectivity index (χ4v) is 3.29. The van der Waals surface area contributed by atoms with Crippen LogP contribution in [0.2, 0.25) is 0 Å². The lowest BCUT2D eigenvalue weighted by Crippen LogP contribution is -2.05. The van der Waals surface area contributed by atoms with Crippen LogP contribution in [0, 0.1) is 0 Å². The summed E-state index contributed by atoms with van der Waals surface area (Å²) < 4.78 is 1.70. The number of carboxylic acids is 1. The van der Waals surface area contributed by atoms with E-state index in [0.717, 1.165) is 22.0 Å². The number of benzene rings is 1. The Morgan fingerprint density at radius 3 is 2.87 bits per heavy atom. The van der Waals surface area contributed by atoms with Crippen molar-refractivity contribution in [1.82, 2.24) is 34.9 Å². The van der Waals surface area contributed by atoms with Gasteiger partial charge in [-0.25, -0.2) is 19.4 Å². The van der Waals surface area contributed by atoms with E-state index in [9.17, 15) is 4.79 Å². The number of nitrogens with zero attached hydrogens (tertiary/aromatic N) is 7. The molecule has 0 bridgehead atoms. The third kappa shape index (κ3) is 3.44. The summed E-state index contributed by atoms with van der Waals surface area (Å²) in [5, 5.41) is 18.5. The van der Waals surface area contributed by atoms with Crippen LogP contribution in [0.3, 0.4) is 0 Å². The first kappa shape index (κ1) is 17.8. The average Bonchev–Trinajstić information content (AvgIpc) is 3.16. The van der Waals surface area contributed by atoms with Gasteiger partial charge in [0.15, 0.2) is 5.65 Å². The molecule has 4 aromatic heterocycles. The van der Waals surface area contributed by atoms with Crippen molar-refractivity contribution >= 4 is 28.2 Å². The molecule has 9 heteroatoms. The molecule has 0 atom stereocenters. The number of aromatic carboxylic acids is 1. The van der Waals surface area contributed by atoms with Crippen molar-refractivity contribution < 1.29 is 9.90 Å². The first-order chi connectivity index (χ1) is 14.7. The fourth-order valence-electron chi connectivity index (χ4n) is 3.29. The van der Waals surface area contributed by atoms with Crippen LogP contribution in [-0.2, 0) is 13.0 Å². The van der Waals surface area contributed by atoms with Gasteiger partial charge >= 0.3 is 5.97 Å². The van der Waals surface area contributed by atoms with Gasteiger partial charge in [-0.15, -0.1) is 5.10 Å². The van der Waals surface area contributed by atoms with Crippen LogP contribution < -0.4 is 0 Å². The van der Waals surface area contributed by atoms with Crippen LogP contribution in [0.1, 0.15) is 27.2 Å². The highest BCUT2D eigenvalue weighted by molar-refractivity contribution is 5.87. The lowest BCUT2D eigenvalue weighted by molar-refractivity contribution is 0.0696. The number of rotatable bonds is 5. The topological polar surface area (TPSA) is 120 Å². The zero-order chi connectivity index (χ0) is 20.5. The van der Waals surface area contributed by atoms with E-state index in [0.29, 0.717) is 30.0 Å². The zero-order valence-electron chi connectivity index (χ0n) is 15.7. The maximum absolute atomic E-state index is 11.2. The van der Waals surface area contributed by atoms with Gasteiger partial charge in [0, 0.05) is 30.4 Å². The third-order valence-corrected chi connectivity index (χ3v) is 4.70. The SMILES string of the molecule is O=C(O)c1cncc(Cc2cnc3nnn(Cc4ccc5ncccc5c4)c3n2)c1. The van der Waals surface area contributed by atoms with E-state index in [1.54, 1.807) is 29.3 Å². The van der Waals surface area contributed by atoms with Crippen LogP contribution in [0.15, 0.2) is 61.2 Å². The maximum atomic E-state index is 11.2. The summed E-state index contributed by atoms with van der Waals surface area (Å²) in [5.74, 6) is -1.02. The van der Waals surface area contributed by atoms with Crippen LogP contribution in [0.5, 0.6) is 0 Å². The van der Waals surface area contributed by atoms with E-state index in [4.69, 9.17) is 5.11 Å². The zero-order valence-corrected chi connectivity index (χ0v) is 15.7. The molecule has 5 rings (SSSR count). The lowest BCUT2D eigenvalue weighted by atomic mass is 10.1. The molecule has 146 valence electrons. The Bertz CT molecular complexity index is 1400. The van der Waals surface area contributed by atoms with Crippen LogP contribution in [-0.4, -0.2) is 46.0 Å². The molecule has 0 aliphatic rings. The van der Waals surface area contributed by atoms with Gasteiger partial charge in [0.25, 0.3) is 0 Å². The van der Waals surface area contributed by atoms with Gasteiger partial charge < -0.3 is 5.11 Å². The second-order valence-corrected chi connectivity index (χ2v) is 6.85. The molecule has 0 saturated heterocycles. The van der Waals surface area contributed by atoms with Crippen molar-refractivity contribution in [2.45, 2.75) is 13.0 Å². The monoisotopic (exact) mass is 397 g/mol. The molecular weight excluding hydrogens is 382 g/mol. The summed E-state index contributed by atoms with van der Waals surface area (Å²) in [6, 6.07) is 11.5. The Morgan fingerprint density at radius 2 is 1.97 bits per heavy atom. The summed E-state index contributed by atoms with van der Waals surface area (Å²) >= 11 is 0. The number of carbonyl (C=O) groups is 1. The van der Waals surface area contributed by atoms with Crippen molar-refractivity contribution in [1.29, 1.82) is 0 Å². The van der Waals surface area contributed by atoms with Crippen molar-refractivity contribution in [3.63, 3.8) is 0 Å². The van der Waals surface area contributed by atoms with Gasteiger partial charge in [0.05, 0.1) is 29.5 Å². The van der Waals surface area contributed by atoms with E-state index in [1.165, 1.54) is 6.20 Å². The van der Waals surface area contributed by atoms with Crippen molar-refractivity contribution in [3.8, 4) is 0 Å². The molecule has 0 unspecified atom stereocenters. The maximum Gasteiger partial charge on any atom is 0.337 e. The number of pyridine rings is 2. The predicted octanol–water partition coefficient (Wildman–Crippen LogP) is 2.50. The largest absolute Gasteiger partial charge is 0.478 e. The van der Waals surface area contributed by atoms with Gasteiger partial charge in [-0.1, -0.05) is 17.3 Å². The summed E-state index contributed by atoms with van der Waals surface area (Å²) in [5.41, 5.74) is 4.57. The summed E-state index contributed by atoms with van der Waals surface area (Å²) in [6.07, 6.45) is 6.74. The summed E-state index contributed by atoms with van der Waals surface area (Å²) in [7, 11) is 0. The quantitative estimate of drug-likeness (QED) is 0.480. The van der Waals surface area contributed by atoms with Crippen molar-refractivity contribution in [3.05, 3.63) is 83.6 Å². The van der Waals surface area contributed by atoms with Gasteiger partial charge in [-0.05, 0) is 35.4 Å². The minimum atomic E-state index is -1.02. The Balaban J connectivity index is 1.45. The fraction of sp³-hybridized carbons (Fsp3) is 0.0952. The Morgan fingerprint density at radius 1 is 1.03 bits per heavy atom. The molecule has 0 spiro atoms. The highest BCUT2D eigenvalue weighted by Gasteiger charge is 2.11. The molecule has 0 aliphatic heterocycles. The van der Waals surface area contributed by atoms with E-state index in [1.807, 2.05) is 24.3 Å². The highest BCUT2D eigenvalue weighted by atomic mass is 16.4. The van der Waals surface area contributed by atoms with Gasteiger partial charge in [-0.2, -0.15) is 0 Å². The minimum Gasteiger partial charge on any atom is -0.478 e. The molecular formula is C21H15N7O2. The Kier molecular flexibility index (Phi) is 4.32. The molecule has 0 radical (unpaired) electrons. The average molecular weight is 397 g/mol. The number of fused-ring (bicyclic) bond motifs is 2. The van der Waals surface area contributed by atoms with Crippen molar-refractivity contribution in [2.24, 2.45) is 0 Å². The van der Waals surface area contributed by atoms with Crippen molar-refractivity contribution in [2.75, 3.05) is 0 Å². The van der Waals surface area contributed by atoms with Gasteiger partial charge in [0.1, 0.15) is 0 Å². The second-order valence-electron chi connectivity index (χ2n) is 6.85. The molecule has 0 fully saturated rings. The number of aromatic nitrogens is 7. The molecule has 9 nitrogen and oxygen atoms in total. The smallest absolute Gasteiger partial charge is 0.337 e. The number of hydrogen-bond donors (Lipinski definition) is 1. The first-order valence-corrected chi connectivity index (χ1v) is 9.22. The standard InChI is InChI=1S/C21H15N7O2/c29-21(30)16-7-14(9-22-10-16)8-17-11-24-19-20(25-17)28(27-26-19)12-13-3-4-18-15(6-13)2-1-5-23-18/h1-7,9-11H,8,12H2,(H,29,30). The second kappa shape index (κ2) is 7.28. The predicted molar refractivity (Wildman–Crippen MR) is 108 cm³/mol. The number of carboxylic acid groups (broad SMARTS) is 1. The molecule has 4 heterocycles.